The monoisotopic (exact) mass is 274 g/mol. The molecule has 0 heterocycles. The van der Waals surface area contributed by atoms with Crippen LogP contribution >= 0.6 is 0 Å². The Hall–Kier alpha value is 0.137. The summed E-state index contributed by atoms with van der Waals surface area (Å²) in [4.78, 5) is 0. The van der Waals surface area contributed by atoms with Crippen molar-refractivity contribution in [3.05, 3.63) is 0 Å². The Morgan fingerprint density at radius 2 is 1.39 bits per heavy atom. The predicted molar refractivity (Wildman–Crippen MR) is 82.2 cm³/mol. The minimum atomic E-state index is -1.87. The van der Waals surface area contributed by atoms with E-state index in [1.807, 2.05) is 0 Å². The molecule has 0 aromatic carbocycles. The van der Waals surface area contributed by atoms with Gasteiger partial charge in [-0.05, 0) is 37.3 Å². The smallest absolute Gasteiger partial charge is 0.337 e. The van der Waals surface area contributed by atoms with E-state index in [1.54, 1.807) is 0 Å². The van der Waals surface area contributed by atoms with Crippen molar-refractivity contribution in [1.29, 1.82) is 0 Å². The molecule has 0 bridgehead atoms. The lowest BCUT2D eigenvalue weighted by Crippen LogP contribution is -2.41. The molecule has 0 fully saturated rings. The summed E-state index contributed by atoms with van der Waals surface area (Å²) in [7, 11) is -1.87. The van der Waals surface area contributed by atoms with E-state index in [0.29, 0.717) is 0 Å². The highest BCUT2D eigenvalue weighted by atomic mass is 28.4. The van der Waals surface area contributed by atoms with Gasteiger partial charge in [0.25, 0.3) is 0 Å². The molecule has 0 radical (unpaired) electrons. The van der Waals surface area contributed by atoms with Crippen molar-refractivity contribution < 1.29 is 8.85 Å². The molecule has 0 amide bonds. The van der Waals surface area contributed by atoms with Crippen LogP contribution in [0.3, 0.4) is 0 Å². The fourth-order valence-corrected chi connectivity index (χ4v) is 4.49. The van der Waals surface area contributed by atoms with E-state index in [1.165, 1.54) is 32.1 Å². The Balaban J connectivity index is 3.92. The second-order valence-corrected chi connectivity index (χ2v) is 9.37. The van der Waals surface area contributed by atoms with Crippen molar-refractivity contribution in [1.82, 2.24) is 0 Å². The normalized spacial score (nSPS) is 12.3. The third-order valence-corrected chi connectivity index (χ3v) is 7.10. The van der Waals surface area contributed by atoms with Gasteiger partial charge in [0.2, 0.25) is 0 Å². The molecule has 0 N–H and O–H groups in total. The average Bonchev–Trinajstić information content (AvgIpc) is 2.37. The molecule has 0 atom stereocenters. The SMILES string of the molecule is CCCCCO[Si](CC)(CC)OCCCC(C)C. The van der Waals surface area contributed by atoms with Gasteiger partial charge in [0.15, 0.2) is 0 Å². The van der Waals surface area contributed by atoms with E-state index in [4.69, 9.17) is 8.85 Å². The molecule has 0 aliphatic carbocycles. The predicted octanol–water partition coefficient (Wildman–Crippen LogP) is 5.13. The van der Waals surface area contributed by atoms with Crippen molar-refractivity contribution in [3.8, 4) is 0 Å². The molecule has 0 aliphatic rings. The largest absolute Gasteiger partial charge is 0.394 e. The number of rotatable bonds is 12. The number of hydrogen-bond donors (Lipinski definition) is 0. The van der Waals surface area contributed by atoms with Gasteiger partial charge in [-0.15, -0.1) is 0 Å². The van der Waals surface area contributed by atoms with Crippen LogP contribution in [0.25, 0.3) is 0 Å². The maximum Gasteiger partial charge on any atom is 0.337 e. The second kappa shape index (κ2) is 11.0. The lowest BCUT2D eigenvalue weighted by Gasteiger charge is -2.29. The standard InChI is InChI=1S/C15H34O2Si/c1-6-9-10-13-16-18(7-2,8-3)17-14-11-12-15(4)5/h15H,6-14H2,1-5H3. The summed E-state index contributed by atoms with van der Waals surface area (Å²) in [5, 5.41) is 0. The molecule has 0 rings (SSSR count). The van der Waals surface area contributed by atoms with Gasteiger partial charge in [0.05, 0.1) is 0 Å². The Morgan fingerprint density at radius 1 is 0.833 bits per heavy atom. The Morgan fingerprint density at radius 3 is 1.83 bits per heavy atom. The molecule has 0 spiro atoms. The van der Waals surface area contributed by atoms with Crippen molar-refractivity contribution >= 4 is 8.56 Å². The topological polar surface area (TPSA) is 18.5 Å². The summed E-state index contributed by atoms with van der Waals surface area (Å²) >= 11 is 0. The first-order chi connectivity index (χ1) is 8.60. The van der Waals surface area contributed by atoms with E-state index in [0.717, 1.165) is 31.2 Å². The van der Waals surface area contributed by atoms with Crippen molar-refractivity contribution in [2.45, 2.75) is 78.8 Å². The highest BCUT2D eigenvalue weighted by Crippen LogP contribution is 2.20. The van der Waals surface area contributed by atoms with E-state index < -0.39 is 8.56 Å². The molecule has 0 aliphatic heterocycles. The molecule has 0 saturated heterocycles. The van der Waals surface area contributed by atoms with Crippen molar-refractivity contribution in [2.75, 3.05) is 13.2 Å². The Kier molecular flexibility index (Phi) is 11.1. The van der Waals surface area contributed by atoms with Crippen LogP contribution in [-0.2, 0) is 8.85 Å². The van der Waals surface area contributed by atoms with Gasteiger partial charge in [0.1, 0.15) is 0 Å². The van der Waals surface area contributed by atoms with Gasteiger partial charge >= 0.3 is 8.56 Å². The molecular formula is C15H34O2Si. The van der Waals surface area contributed by atoms with E-state index >= 15 is 0 Å². The Bertz CT molecular complexity index is 179. The van der Waals surface area contributed by atoms with Crippen LogP contribution in [0.4, 0.5) is 0 Å². The van der Waals surface area contributed by atoms with Crippen LogP contribution in [0, 0.1) is 5.92 Å². The van der Waals surface area contributed by atoms with Crippen LogP contribution in [0.15, 0.2) is 0 Å². The first-order valence-electron chi connectivity index (χ1n) is 7.88. The maximum absolute atomic E-state index is 6.18. The van der Waals surface area contributed by atoms with Gasteiger partial charge in [-0.1, -0.05) is 47.5 Å². The highest BCUT2D eigenvalue weighted by Gasteiger charge is 2.33. The zero-order valence-electron chi connectivity index (χ0n) is 13.3. The quantitative estimate of drug-likeness (QED) is 0.363. The molecular weight excluding hydrogens is 240 g/mol. The van der Waals surface area contributed by atoms with E-state index in [-0.39, 0.29) is 0 Å². The fourth-order valence-electron chi connectivity index (χ4n) is 2.06. The highest BCUT2D eigenvalue weighted by molar-refractivity contribution is 6.67. The first kappa shape index (κ1) is 18.1. The van der Waals surface area contributed by atoms with Crippen LogP contribution in [-0.4, -0.2) is 21.8 Å². The average molecular weight is 275 g/mol. The van der Waals surface area contributed by atoms with E-state index in [9.17, 15) is 0 Å². The van der Waals surface area contributed by atoms with Crippen LogP contribution < -0.4 is 0 Å². The molecule has 0 saturated carbocycles. The summed E-state index contributed by atoms with van der Waals surface area (Å²) < 4.78 is 12.3. The molecule has 0 unspecified atom stereocenters. The molecule has 2 nitrogen and oxygen atoms in total. The van der Waals surface area contributed by atoms with Crippen LogP contribution in [0.5, 0.6) is 0 Å². The summed E-state index contributed by atoms with van der Waals surface area (Å²) in [5.74, 6) is 0.776. The minimum Gasteiger partial charge on any atom is -0.394 e. The summed E-state index contributed by atoms with van der Waals surface area (Å²) in [6, 6.07) is 2.16. The molecule has 0 aromatic heterocycles. The molecule has 110 valence electrons. The third-order valence-electron chi connectivity index (χ3n) is 3.48. The fraction of sp³-hybridized carbons (Fsp3) is 1.00. The van der Waals surface area contributed by atoms with Gasteiger partial charge in [0, 0.05) is 13.2 Å². The zero-order chi connectivity index (χ0) is 13.9. The summed E-state index contributed by atoms with van der Waals surface area (Å²) in [6.07, 6.45) is 6.13. The lowest BCUT2D eigenvalue weighted by atomic mass is 10.1. The van der Waals surface area contributed by atoms with Crippen molar-refractivity contribution in [3.63, 3.8) is 0 Å². The van der Waals surface area contributed by atoms with Gasteiger partial charge in [-0.3, -0.25) is 0 Å². The maximum atomic E-state index is 6.18. The third kappa shape index (κ3) is 8.28. The lowest BCUT2D eigenvalue weighted by molar-refractivity contribution is 0.162. The number of hydrogen-bond acceptors (Lipinski definition) is 2. The zero-order valence-corrected chi connectivity index (χ0v) is 14.3. The summed E-state index contributed by atoms with van der Waals surface area (Å²) in [5.41, 5.74) is 0. The van der Waals surface area contributed by atoms with Crippen LogP contribution in [0.1, 0.15) is 66.7 Å². The van der Waals surface area contributed by atoms with Crippen molar-refractivity contribution in [2.24, 2.45) is 5.92 Å². The van der Waals surface area contributed by atoms with Gasteiger partial charge in [-0.25, -0.2) is 0 Å². The van der Waals surface area contributed by atoms with Gasteiger partial charge in [-0.2, -0.15) is 0 Å². The first-order valence-corrected chi connectivity index (χ1v) is 10.1. The Labute approximate surface area is 116 Å². The second-order valence-electron chi connectivity index (χ2n) is 5.56. The summed E-state index contributed by atoms with van der Waals surface area (Å²) in [6.45, 7) is 13.0. The van der Waals surface area contributed by atoms with Gasteiger partial charge < -0.3 is 8.85 Å². The van der Waals surface area contributed by atoms with E-state index in [2.05, 4.69) is 34.6 Å². The minimum absolute atomic E-state index is 0.776. The molecule has 0 aromatic rings. The van der Waals surface area contributed by atoms with Crippen LogP contribution in [0.2, 0.25) is 12.1 Å². The molecule has 3 heteroatoms. The number of unbranched alkanes of at least 4 members (excludes halogenated alkanes) is 2. The molecule has 18 heavy (non-hydrogen) atoms.